The third kappa shape index (κ3) is 3.83. The number of nitrogens with zero attached hydrogens (tertiary/aromatic N) is 1. The van der Waals surface area contributed by atoms with Gasteiger partial charge in [0.15, 0.2) is 0 Å². The third-order valence-electron chi connectivity index (χ3n) is 3.64. The van der Waals surface area contributed by atoms with E-state index in [1.165, 1.54) is 18.2 Å². The summed E-state index contributed by atoms with van der Waals surface area (Å²) in [6, 6.07) is 13.1. The van der Waals surface area contributed by atoms with E-state index < -0.39 is 11.0 Å². The zero-order valence-electron chi connectivity index (χ0n) is 12.6. The molecule has 1 aliphatic rings. The van der Waals surface area contributed by atoms with Crippen LogP contribution in [0.3, 0.4) is 0 Å². The lowest BCUT2D eigenvalue weighted by atomic mass is 10.1. The Bertz CT molecular complexity index is 762. The lowest BCUT2D eigenvalue weighted by molar-refractivity contribution is -0.384. The van der Waals surface area contributed by atoms with Crippen molar-refractivity contribution in [2.45, 2.75) is 25.0 Å². The first-order valence-electron chi connectivity index (χ1n) is 7.50. The average Bonchev–Trinajstić information content (AvgIpc) is 3.38. The minimum atomic E-state index is -0.870. The van der Waals surface area contributed by atoms with Crippen molar-refractivity contribution in [2.24, 2.45) is 0 Å². The van der Waals surface area contributed by atoms with E-state index in [9.17, 15) is 14.9 Å². The van der Waals surface area contributed by atoms with Crippen LogP contribution < -0.4 is 10.1 Å². The van der Waals surface area contributed by atoms with Crippen molar-refractivity contribution < 1.29 is 14.5 Å². The molecule has 0 bridgehead atoms. The highest BCUT2D eigenvalue weighted by molar-refractivity contribution is 6.32. The van der Waals surface area contributed by atoms with Gasteiger partial charge in [-0.25, -0.2) is 0 Å². The number of ether oxygens (including phenoxy) is 1. The van der Waals surface area contributed by atoms with Gasteiger partial charge in [-0.2, -0.15) is 0 Å². The van der Waals surface area contributed by atoms with Crippen molar-refractivity contribution in [3.8, 4) is 5.75 Å². The van der Waals surface area contributed by atoms with E-state index in [-0.39, 0.29) is 28.4 Å². The van der Waals surface area contributed by atoms with Crippen molar-refractivity contribution >= 4 is 23.2 Å². The summed E-state index contributed by atoms with van der Waals surface area (Å²) in [5, 5.41) is 13.8. The summed E-state index contributed by atoms with van der Waals surface area (Å²) in [6.45, 7) is 0. The van der Waals surface area contributed by atoms with Crippen molar-refractivity contribution in [3.05, 3.63) is 69.2 Å². The molecule has 1 fully saturated rings. The summed E-state index contributed by atoms with van der Waals surface area (Å²) in [5.41, 5.74) is 0.552. The molecule has 1 saturated carbocycles. The van der Waals surface area contributed by atoms with E-state index in [4.69, 9.17) is 16.3 Å². The number of non-ortho nitro benzene ring substituents is 1. The van der Waals surface area contributed by atoms with Gasteiger partial charge < -0.3 is 10.1 Å². The highest BCUT2D eigenvalue weighted by Crippen LogP contribution is 2.32. The van der Waals surface area contributed by atoms with Gasteiger partial charge >= 0.3 is 0 Å². The van der Waals surface area contributed by atoms with Crippen LogP contribution in [0.5, 0.6) is 5.75 Å². The van der Waals surface area contributed by atoms with E-state index >= 15 is 0 Å². The van der Waals surface area contributed by atoms with E-state index in [2.05, 4.69) is 5.32 Å². The Morgan fingerprint density at radius 3 is 2.54 bits per heavy atom. The van der Waals surface area contributed by atoms with Crippen molar-refractivity contribution in [2.75, 3.05) is 0 Å². The number of rotatable bonds is 6. The second-order valence-electron chi connectivity index (χ2n) is 5.56. The topological polar surface area (TPSA) is 81.5 Å². The van der Waals surface area contributed by atoms with Crippen LogP contribution in [0.25, 0.3) is 0 Å². The standard InChI is InChI=1S/C17H15ClN2O4/c18-14-10-13(20(22)23)8-9-15(14)24-16(11-4-2-1-3-5-11)17(21)19-12-6-7-12/h1-5,8-10,12,16H,6-7H2,(H,19,21)/t16-/m0/s1. The van der Waals surface area contributed by atoms with Gasteiger partial charge in [-0.3, -0.25) is 14.9 Å². The summed E-state index contributed by atoms with van der Waals surface area (Å²) in [4.78, 5) is 22.7. The number of carbonyl (C=O) groups is 1. The Kier molecular flexibility index (Phi) is 4.66. The van der Waals surface area contributed by atoms with Crippen LogP contribution in [-0.2, 0) is 4.79 Å². The van der Waals surface area contributed by atoms with Gasteiger partial charge in [-0.15, -0.1) is 0 Å². The smallest absolute Gasteiger partial charge is 0.271 e. The molecular formula is C17H15ClN2O4. The predicted molar refractivity (Wildman–Crippen MR) is 89.1 cm³/mol. The summed E-state index contributed by atoms with van der Waals surface area (Å²) in [7, 11) is 0. The highest BCUT2D eigenvalue weighted by Gasteiger charge is 2.30. The van der Waals surface area contributed by atoms with Crippen LogP contribution in [0.15, 0.2) is 48.5 Å². The van der Waals surface area contributed by atoms with Crippen LogP contribution >= 0.6 is 11.6 Å². The molecule has 6 nitrogen and oxygen atoms in total. The number of amides is 1. The van der Waals surface area contributed by atoms with Crippen LogP contribution in [0.1, 0.15) is 24.5 Å². The largest absolute Gasteiger partial charge is 0.474 e. The monoisotopic (exact) mass is 346 g/mol. The van der Waals surface area contributed by atoms with Gasteiger partial charge in [-0.05, 0) is 18.9 Å². The summed E-state index contributed by atoms with van der Waals surface area (Å²) < 4.78 is 5.79. The van der Waals surface area contributed by atoms with E-state index in [0.717, 1.165) is 12.8 Å². The van der Waals surface area contributed by atoms with Crippen LogP contribution in [-0.4, -0.2) is 16.9 Å². The van der Waals surface area contributed by atoms with Gasteiger partial charge in [0.1, 0.15) is 5.75 Å². The van der Waals surface area contributed by atoms with Crippen LogP contribution in [0, 0.1) is 10.1 Å². The molecule has 0 unspecified atom stereocenters. The maximum absolute atomic E-state index is 12.5. The molecule has 124 valence electrons. The number of nitro groups is 1. The molecule has 2 aromatic carbocycles. The molecule has 24 heavy (non-hydrogen) atoms. The Morgan fingerprint density at radius 1 is 1.25 bits per heavy atom. The fourth-order valence-corrected chi connectivity index (χ4v) is 2.45. The van der Waals surface area contributed by atoms with Gasteiger partial charge in [0.2, 0.25) is 6.10 Å². The summed E-state index contributed by atoms with van der Waals surface area (Å²) in [5.74, 6) is -0.0276. The molecule has 3 rings (SSSR count). The van der Waals surface area contributed by atoms with E-state index in [0.29, 0.717) is 5.56 Å². The Morgan fingerprint density at radius 2 is 1.96 bits per heavy atom. The molecule has 0 aliphatic heterocycles. The first-order chi connectivity index (χ1) is 11.5. The molecule has 1 atom stereocenters. The first-order valence-corrected chi connectivity index (χ1v) is 7.88. The zero-order valence-corrected chi connectivity index (χ0v) is 13.4. The maximum Gasteiger partial charge on any atom is 0.271 e. The van der Waals surface area contributed by atoms with Crippen LogP contribution in [0.4, 0.5) is 5.69 Å². The predicted octanol–water partition coefficient (Wildman–Crippen LogP) is 3.65. The lowest BCUT2D eigenvalue weighted by Crippen LogP contribution is -2.33. The molecule has 0 spiro atoms. The first kappa shape index (κ1) is 16.3. The summed E-state index contributed by atoms with van der Waals surface area (Å²) in [6.07, 6.45) is 1.06. The molecule has 1 N–H and O–H groups in total. The van der Waals surface area contributed by atoms with E-state index in [1.807, 2.05) is 18.2 Å². The minimum Gasteiger partial charge on any atom is -0.474 e. The fourth-order valence-electron chi connectivity index (χ4n) is 2.23. The number of nitro benzene ring substituents is 1. The SMILES string of the molecule is O=C(NC1CC1)[C@@H](Oc1ccc([N+](=O)[O-])cc1Cl)c1ccccc1. The molecule has 0 radical (unpaired) electrons. The Hall–Kier alpha value is -2.60. The molecule has 0 aromatic heterocycles. The maximum atomic E-state index is 12.5. The Balaban J connectivity index is 1.86. The molecule has 1 amide bonds. The second kappa shape index (κ2) is 6.88. The van der Waals surface area contributed by atoms with Crippen molar-refractivity contribution in [1.29, 1.82) is 0 Å². The number of halogens is 1. The molecule has 1 aliphatic carbocycles. The minimum absolute atomic E-state index is 0.0874. The van der Waals surface area contributed by atoms with Gasteiger partial charge in [-0.1, -0.05) is 41.9 Å². The fraction of sp³-hybridized carbons (Fsp3) is 0.235. The lowest BCUT2D eigenvalue weighted by Gasteiger charge is -2.19. The Labute approximate surface area is 143 Å². The van der Waals surface area contributed by atoms with Crippen LogP contribution in [0.2, 0.25) is 5.02 Å². The number of carbonyl (C=O) groups excluding carboxylic acids is 1. The van der Waals surface area contributed by atoms with Crippen molar-refractivity contribution in [3.63, 3.8) is 0 Å². The summed E-state index contributed by atoms with van der Waals surface area (Å²) >= 11 is 6.07. The number of nitrogens with one attached hydrogen (secondary N) is 1. The molecule has 2 aromatic rings. The van der Waals surface area contributed by atoms with Crippen molar-refractivity contribution in [1.82, 2.24) is 5.32 Å². The quantitative estimate of drug-likeness (QED) is 0.639. The normalized spacial score (nSPS) is 14.7. The second-order valence-corrected chi connectivity index (χ2v) is 5.97. The van der Waals surface area contributed by atoms with E-state index in [1.54, 1.807) is 12.1 Å². The number of hydrogen-bond acceptors (Lipinski definition) is 4. The van der Waals surface area contributed by atoms with Gasteiger partial charge in [0, 0.05) is 23.7 Å². The molecule has 0 saturated heterocycles. The molecular weight excluding hydrogens is 332 g/mol. The number of benzene rings is 2. The highest BCUT2D eigenvalue weighted by atomic mass is 35.5. The number of hydrogen-bond donors (Lipinski definition) is 1. The molecule has 7 heteroatoms. The zero-order chi connectivity index (χ0) is 17.1. The molecule has 0 heterocycles. The van der Waals surface area contributed by atoms with Gasteiger partial charge in [0.05, 0.1) is 9.95 Å². The van der Waals surface area contributed by atoms with Gasteiger partial charge in [0.25, 0.3) is 11.6 Å². The average molecular weight is 347 g/mol. The third-order valence-corrected chi connectivity index (χ3v) is 3.93.